The van der Waals surface area contributed by atoms with Crippen LogP contribution in [-0.2, 0) is 17.9 Å². The number of amides is 2. The zero-order valence-electron chi connectivity index (χ0n) is 17.2. The van der Waals surface area contributed by atoms with Crippen molar-refractivity contribution in [3.63, 3.8) is 0 Å². The first-order valence-electron chi connectivity index (χ1n) is 9.61. The van der Waals surface area contributed by atoms with Crippen molar-refractivity contribution in [2.24, 2.45) is 0 Å². The van der Waals surface area contributed by atoms with Gasteiger partial charge in [-0.05, 0) is 25.1 Å². The SMILES string of the molecule is CCn1c(CNC(=O)c2cccc([N+](=O)[O-])c2)nnc1SCC(=O)Nc1cccc(Cl)c1Cl. The molecule has 0 unspecified atom stereocenters. The van der Waals surface area contributed by atoms with Gasteiger partial charge in [0, 0.05) is 24.2 Å². The van der Waals surface area contributed by atoms with Crippen molar-refractivity contribution in [2.45, 2.75) is 25.2 Å². The Hall–Kier alpha value is -3.15. The van der Waals surface area contributed by atoms with Crippen LogP contribution < -0.4 is 10.6 Å². The minimum absolute atomic E-state index is 0.0566. The van der Waals surface area contributed by atoms with Crippen molar-refractivity contribution in [2.75, 3.05) is 11.1 Å². The maximum Gasteiger partial charge on any atom is 0.270 e. The van der Waals surface area contributed by atoms with Crippen molar-refractivity contribution < 1.29 is 14.5 Å². The van der Waals surface area contributed by atoms with Crippen LogP contribution in [0.15, 0.2) is 47.6 Å². The molecule has 0 saturated heterocycles. The van der Waals surface area contributed by atoms with Crippen molar-refractivity contribution in [3.8, 4) is 0 Å². The van der Waals surface area contributed by atoms with Gasteiger partial charge in [0.15, 0.2) is 11.0 Å². The standard InChI is InChI=1S/C20H18Cl2N6O4S/c1-2-27-16(10-23-19(30)12-5-3-6-13(9-12)28(31)32)25-26-20(27)33-11-17(29)24-15-8-4-7-14(21)18(15)22/h3-9H,2,10-11H2,1H3,(H,23,30)(H,24,29). The predicted octanol–water partition coefficient (Wildman–Crippen LogP) is 4.17. The van der Waals surface area contributed by atoms with Crippen LogP contribution in [0.1, 0.15) is 23.1 Å². The van der Waals surface area contributed by atoms with Gasteiger partial charge in [-0.3, -0.25) is 19.7 Å². The fraction of sp³-hybridized carbons (Fsp3) is 0.200. The monoisotopic (exact) mass is 508 g/mol. The van der Waals surface area contributed by atoms with Gasteiger partial charge in [0.1, 0.15) is 0 Å². The number of nitrogens with one attached hydrogen (secondary N) is 2. The molecule has 0 aliphatic heterocycles. The van der Waals surface area contributed by atoms with Crippen LogP contribution in [0.4, 0.5) is 11.4 Å². The predicted molar refractivity (Wildman–Crippen MR) is 126 cm³/mol. The average molecular weight is 509 g/mol. The molecular weight excluding hydrogens is 491 g/mol. The molecule has 13 heteroatoms. The summed E-state index contributed by atoms with van der Waals surface area (Å²) in [4.78, 5) is 35.0. The number of aromatic nitrogens is 3. The van der Waals surface area contributed by atoms with Gasteiger partial charge in [-0.2, -0.15) is 0 Å². The van der Waals surface area contributed by atoms with E-state index < -0.39 is 10.8 Å². The van der Waals surface area contributed by atoms with E-state index in [2.05, 4.69) is 20.8 Å². The van der Waals surface area contributed by atoms with Crippen molar-refractivity contribution >= 4 is 58.2 Å². The number of carbonyl (C=O) groups is 2. The number of non-ortho nitro benzene ring substituents is 1. The molecule has 0 bridgehead atoms. The van der Waals surface area contributed by atoms with Gasteiger partial charge in [-0.15, -0.1) is 10.2 Å². The van der Waals surface area contributed by atoms with Gasteiger partial charge in [-0.25, -0.2) is 0 Å². The highest BCUT2D eigenvalue weighted by Crippen LogP contribution is 2.29. The van der Waals surface area contributed by atoms with E-state index in [4.69, 9.17) is 23.2 Å². The van der Waals surface area contributed by atoms with Crippen molar-refractivity contribution in [1.82, 2.24) is 20.1 Å². The molecule has 2 amide bonds. The quantitative estimate of drug-likeness (QED) is 0.251. The molecule has 0 aliphatic carbocycles. The second-order valence-corrected chi connectivity index (χ2v) is 8.30. The molecule has 0 radical (unpaired) electrons. The molecule has 3 rings (SSSR count). The summed E-state index contributed by atoms with van der Waals surface area (Å²) in [7, 11) is 0. The Morgan fingerprint density at radius 1 is 1.18 bits per heavy atom. The molecule has 2 aromatic carbocycles. The fourth-order valence-corrected chi connectivity index (χ4v) is 3.98. The molecule has 10 nitrogen and oxygen atoms in total. The van der Waals surface area contributed by atoms with Crippen molar-refractivity contribution in [3.05, 3.63) is 74.0 Å². The largest absolute Gasteiger partial charge is 0.345 e. The summed E-state index contributed by atoms with van der Waals surface area (Å²) in [6, 6.07) is 10.4. The van der Waals surface area contributed by atoms with E-state index >= 15 is 0 Å². The number of nitro groups is 1. The second-order valence-electron chi connectivity index (χ2n) is 6.57. The Labute approximate surface area is 202 Å². The van der Waals surface area contributed by atoms with Crippen molar-refractivity contribution in [1.29, 1.82) is 0 Å². The number of thioether (sulfide) groups is 1. The summed E-state index contributed by atoms with van der Waals surface area (Å²) in [6.07, 6.45) is 0. The number of hydrogen-bond donors (Lipinski definition) is 2. The molecule has 33 heavy (non-hydrogen) atoms. The molecule has 172 valence electrons. The lowest BCUT2D eigenvalue weighted by Gasteiger charge is -2.09. The first kappa shape index (κ1) is 24.5. The molecule has 0 spiro atoms. The lowest BCUT2D eigenvalue weighted by atomic mass is 10.2. The molecule has 0 atom stereocenters. The number of carbonyl (C=O) groups excluding carboxylic acids is 2. The van der Waals surface area contributed by atoms with Gasteiger partial charge >= 0.3 is 0 Å². The van der Waals surface area contributed by atoms with Crippen LogP contribution >= 0.6 is 35.0 Å². The number of nitro benzene ring substituents is 1. The molecular formula is C20H18Cl2N6O4S. The third kappa shape index (κ3) is 6.21. The number of nitrogens with zero attached hydrogens (tertiary/aromatic N) is 4. The molecule has 0 aliphatic rings. The third-order valence-electron chi connectivity index (χ3n) is 4.39. The van der Waals surface area contributed by atoms with Gasteiger partial charge in [-0.1, -0.05) is 47.1 Å². The summed E-state index contributed by atoms with van der Waals surface area (Å²) >= 11 is 13.2. The van der Waals surface area contributed by atoms with E-state index in [9.17, 15) is 19.7 Å². The van der Waals surface area contributed by atoms with E-state index in [1.807, 2.05) is 6.92 Å². The summed E-state index contributed by atoms with van der Waals surface area (Å²) < 4.78 is 1.76. The second kappa shape index (κ2) is 11.1. The zero-order chi connectivity index (χ0) is 24.0. The number of anilines is 1. The number of rotatable bonds is 9. The van der Waals surface area contributed by atoms with Crippen LogP contribution in [0.2, 0.25) is 10.0 Å². The first-order chi connectivity index (χ1) is 15.8. The number of hydrogen-bond acceptors (Lipinski definition) is 7. The molecule has 3 aromatic rings. The Bertz CT molecular complexity index is 1200. The summed E-state index contributed by atoms with van der Waals surface area (Å²) in [5.74, 6) is -0.232. The van der Waals surface area contributed by atoms with E-state index in [-0.39, 0.29) is 34.5 Å². The Morgan fingerprint density at radius 2 is 1.94 bits per heavy atom. The average Bonchev–Trinajstić information content (AvgIpc) is 3.21. The van der Waals surface area contributed by atoms with E-state index in [1.165, 1.54) is 36.0 Å². The van der Waals surface area contributed by atoms with E-state index in [0.717, 1.165) is 0 Å². The summed E-state index contributed by atoms with van der Waals surface area (Å²) in [6.45, 7) is 2.46. The van der Waals surface area contributed by atoms with Crippen LogP contribution in [0.5, 0.6) is 0 Å². The van der Waals surface area contributed by atoms with Gasteiger partial charge in [0.25, 0.3) is 11.6 Å². The molecule has 1 heterocycles. The zero-order valence-corrected chi connectivity index (χ0v) is 19.6. The highest BCUT2D eigenvalue weighted by Gasteiger charge is 2.16. The van der Waals surface area contributed by atoms with Crippen LogP contribution in [-0.4, -0.2) is 37.3 Å². The minimum Gasteiger partial charge on any atom is -0.345 e. The maximum absolute atomic E-state index is 12.4. The van der Waals surface area contributed by atoms with Gasteiger partial charge < -0.3 is 15.2 Å². The number of benzene rings is 2. The molecule has 0 saturated carbocycles. The van der Waals surface area contributed by atoms with E-state index in [0.29, 0.717) is 28.2 Å². The first-order valence-corrected chi connectivity index (χ1v) is 11.4. The lowest BCUT2D eigenvalue weighted by Crippen LogP contribution is -2.25. The summed E-state index contributed by atoms with van der Waals surface area (Å²) in [5.41, 5.74) is 0.407. The maximum atomic E-state index is 12.4. The number of halogens is 2. The topological polar surface area (TPSA) is 132 Å². The van der Waals surface area contributed by atoms with Crippen LogP contribution in [0.3, 0.4) is 0 Å². The molecule has 0 fully saturated rings. The highest BCUT2D eigenvalue weighted by atomic mass is 35.5. The fourth-order valence-electron chi connectivity index (χ4n) is 2.81. The summed E-state index contributed by atoms with van der Waals surface area (Å²) in [5, 5.41) is 25.6. The lowest BCUT2D eigenvalue weighted by molar-refractivity contribution is -0.384. The Morgan fingerprint density at radius 3 is 2.67 bits per heavy atom. The Kier molecular flexibility index (Phi) is 8.26. The van der Waals surface area contributed by atoms with Crippen LogP contribution in [0.25, 0.3) is 0 Å². The Balaban J connectivity index is 1.60. The smallest absolute Gasteiger partial charge is 0.270 e. The van der Waals surface area contributed by atoms with Gasteiger partial charge in [0.2, 0.25) is 5.91 Å². The normalized spacial score (nSPS) is 10.6. The molecule has 1 aromatic heterocycles. The highest BCUT2D eigenvalue weighted by molar-refractivity contribution is 7.99. The van der Waals surface area contributed by atoms with E-state index in [1.54, 1.807) is 22.8 Å². The van der Waals surface area contributed by atoms with Crippen LogP contribution in [0, 0.1) is 10.1 Å². The minimum atomic E-state index is -0.565. The third-order valence-corrected chi connectivity index (χ3v) is 6.18. The van der Waals surface area contributed by atoms with Gasteiger partial charge in [0.05, 0.1) is 33.0 Å². The molecule has 2 N–H and O–H groups in total.